The number of benzene rings is 2. The highest BCUT2D eigenvalue weighted by Gasteiger charge is 2.16. The largest absolute Gasteiger partial charge is 0.497 e. The van der Waals surface area contributed by atoms with Gasteiger partial charge in [0, 0.05) is 12.1 Å². The molecule has 0 saturated heterocycles. The first-order chi connectivity index (χ1) is 13.1. The molecule has 0 radical (unpaired) electrons. The number of hydrogen-bond donors (Lipinski definition) is 2. The van der Waals surface area contributed by atoms with E-state index in [4.69, 9.17) is 21.1 Å². The third-order valence-corrected chi connectivity index (χ3v) is 4.29. The summed E-state index contributed by atoms with van der Waals surface area (Å²) in [4.78, 5) is 12.6. The lowest BCUT2D eigenvalue weighted by atomic mass is 10.1. The molecule has 0 aliphatic rings. The molecular formula is C20H20ClN3O3. The lowest BCUT2D eigenvalue weighted by Crippen LogP contribution is -2.23. The maximum atomic E-state index is 12.6. The number of rotatable bonds is 7. The molecule has 1 heterocycles. The predicted octanol–water partition coefficient (Wildman–Crippen LogP) is 4.07. The summed E-state index contributed by atoms with van der Waals surface area (Å²) in [7, 11) is 1.61. The number of amides is 1. The highest BCUT2D eigenvalue weighted by molar-refractivity contribution is 6.32. The van der Waals surface area contributed by atoms with Crippen LogP contribution in [0.1, 0.15) is 22.8 Å². The van der Waals surface area contributed by atoms with Gasteiger partial charge >= 0.3 is 0 Å². The topological polar surface area (TPSA) is 76.2 Å². The lowest BCUT2D eigenvalue weighted by molar-refractivity contribution is 0.0951. The second-order valence-corrected chi connectivity index (χ2v) is 6.18. The van der Waals surface area contributed by atoms with Gasteiger partial charge in [0.05, 0.1) is 36.2 Å². The summed E-state index contributed by atoms with van der Waals surface area (Å²) in [5, 5.41) is 10.3. The molecule has 140 valence electrons. The Morgan fingerprint density at radius 3 is 2.85 bits per heavy atom. The normalized spacial score (nSPS) is 10.5. The molecule has 2 aromatic carbocycles. The van der Waals surface area contributed by atoms with Gasteiger partial charge in [0.25, 0.3) is 5.91 Å². The lowest BCUT2D eigenvalue weighted by Gasteiger charge is -2.09. The van der Waals surface area contributed by atoms with E-state index in [1.54, 1.807) is 19.2 Å². The zero-order chi connectivity index (χ0) is 19.2. The van der Waals surface area contributed by atoms with E-state index in [1.807, 2.05) is 37.3 Å². The molecule has 27 heavy (non-hydrogen) atoms. The van der Waals surface area contributed by atoms with Crippen molar-refractivity contribution in [1.29, 1.82) is 0 Å². The van der Waals surface area contributed by atoms with E-state index in [-0.39, 0.29) is 5.91 Å². The molecule has 0 fully saturated rings. The Bertz CT molecular complexity index is 940. The summed E-state index contributed by atoms with van der Waals surface area (Å²) in [6.07, 6.45) is 1.50. The summed E-state index contributed by atoms with van der Waals surface area (Å²) in [5.41, 5.74) is 2.74. The number of hydrogen-bond acceptors (Lipinski definition) is 4. The molecule has 2 N–H and O–H groups in total. The number of carbonyl (C=O) groups is 1. The van der Waals surface area contributed by atoms with Crippen molar-refractivity contribution in [2.45, 2.75) is 13.5 Å². The SMILES string of the molecule is CCOc1ccc(-c2[nH]ncc2C(=O)NCc2cccc(OC)c2)cc1Cl. The summed E-state index contributed by atoms with van der Waals surface area (Å²) in [6, 6.07) is 12.9. The van der Waals surface area contributed by atoms with E-state index < -0.39 is 0 Å². The molecule has 7 heteroatoms. The first-order valence-electron chi connectivity index (χ1n) is 8.49. The molecule has 0 bridgehead atoms. The minimum absolute atomic E-state index is 0.230. The van der Waals surface area contributed by atoms with Crippen LogP contribution in [0.25, 0.3) is 11.3 Å². The molecule has 3 aromatic rings. The van der Waals surface area contributed by atoms with Gasteiger partial charge in [0.1, 0.15) is 11.5 Å². The summed E-state index contributed by atoms with van der Waals surface area (Å²) >= 11 is 6.26. The van der Waals surface area contributed by atoms with Crippen LogP contribution in [0, 0.1) is 0 Å². The highest BCUT2D eigenvalue weighted by atomic mass is 35.5. The second-order valence-electron chi connectivity index (χ2n) is 5.77. The summed E-state index contributed by atoms with van der Waals surface area (Å²) < 4.78 is 10.6. The molecule has 0 spiro atoms. The van der Waals surface area contributed by atoms with Crippen LogP contribution in [-0.4, -0.2) is 29.8 Å². The number of aromatic amines is 1. The van der Waals surface area contributed by atoms with Crippen LogP contribution >= 0.6 is 11.6 Å². The number of ether oxygens (including phenoxy) is 2. The molecule has 0 aliphatic heterocycles. The van der Waals surface area contributed by atoms with Gasteiger partial charge in [0.2, 0.25) is 0 Å². The Kier molecular flexibility index (Phi) is 5.98. The van der Waals surface area contributed by atoms with E-state index in [2.05, 4.69) is 15.5 Å². The molecule has 6 nitrogen and oxygen atoms in total. The van der Waals surface area contributed by atoms with Gasteiger partial charge in [-0.15, -0.1) is 0 Å². The first-order valence-corrected chi connectivity index (χ1v) is 8.87. The Labute approximate surface area is 162 Å². The van der Waals surface area contributed by atoms with Gasteiger partial charge in [-0.1, -0.05) is 23.7 Å². The third kappa shape index (κ3) is 4.41. The van der Waals surface area contributed by atoms with Crippen molar-refractivity contribution in [2.75, 3.05) is 13.7 Å². The molecule has 1 amide bonds. The third-order valence-electron chi connectivity index (χ3n) is 3.99. The van der Waals surface area contributed by atoms with Crippen molar-refractivity contribution in [3.63, 3.8) is 0 Å². The van der Waals surface area contributed by atoms with Crippen molar-refractivity contribution in [3.8, 4) is 22.8 Å². The maximum Gasteiger partial charge on any atom is 0.255 e. The van der Waals surface area contributed by atoms with Crippen molar-refractivity contribution in [3.05, 3.63) is 64.8 Å². The number of nitrogens with zero attached hydrogens (tertiary/aromatic N) is 1. The summed E-state index contributed by atoms with van der Waals surface area (Å²) in [6.45, 7) is 2.80. The fourth-order valence-corrected chi connectivity index (χ4v) is 2.90. The van der Waals surface area contributed by atoms with Gasteiger partial charge in [-0.3, -0.25) is 9.89 Å². The van der Waals surface area contributed by atoms with E-state index in [0.29, 0.717) is 35.2 Å². The number of nitrogens with one attached hydrogen (secondary N) is 2. The van der Waals surface area contributed by atoms with Crippen molar-refractivity contribution >= 4 is 17.5 Å². The minimum Gasteiger partial charge on any atom is -0.497 e. The van der Waals surface area contributed by atoms with Gasteiger partial charge in [0.15, 0.2) is 0 Å². The van der Waals surface area contributed by atoms with Crippen LogP contribution in [0.2, 0.25) is 5.02 Å². The predicted molar refractivity (Wildman–Crippen MR) is 104 cm³/mol. The van der Waals surface area contributed by atoms with Gasteiger partial charge in [-0.25, -0.2) is 0 Å². The van der Waals surface area contributed by atoms with Crippen LogP contribution in [0.5, 0.6) is 11.5 Å². The minimum atomic E-state index is -0.230. The Morgan fingerprint density at radius 1 is 1.26 bits per heavy atom. The molecule has 0 unspecified atom stereocenters. The van der Waals surface area contributed by atoms with E-state index in [1.165, 1.54) is 6.20 Å². The van der Waals surface area contributed by atoms with Crippen LogP contribution in [0.15, 0.2) is 48.7 Å². The van der Waals surface area contributed by atoms with Crippen LogP contribution in [0.4, 0.5) is 0 Å². The molecule has 0 aliphatic carbocycles. The highest BCUT2D eigenvalue weighted by Crippen LogP contribution is 2.31. The quantitative estimate of drug-likeness (QED) is 0.642. The number of aromatic nitrogens is 2. The number of H-pyrrole nitrogens is 1. The van der Waals surface area contributed by atoms with Crippen molar-refractivity contribution < 1.29 is 14.3 Å². The van der Waals surface area contributed by atoms with E-state index in [9.17, 15) is 4.79 Å². The van der Waals surface area contributed by atoms with Crippen LogP contribution in [-0.2, 0) is 6.54 Å². The molecule has 0 atom stereocenters. The average Bonchev–Trinajstić information content (AvgIpc) is 3.18. The molecular weight excluding hydrogens is 366 g/mol. The average molecular weight is 386 g/mol. The smallest absolute Gasteiger partial charge is 0.255 e. The van der Waals surface area contributed by atoms with Gasteiger partial charge < -0.3 is 14.8 Å². The number of carbonyl (C=O) groups excluding carboxylic acids is 1. The Hall–Kier alpha value is -2.99. The maximum absolute atomic E-state index is 12.6. The Morgan fingerprint density at radius 2 is 2.11 bits per heavy atom. The van der Waals surface area contributed by atoms with E-state index >= 15 is 0 Å². The molecule has 0 saturated carbocycles. The fourth-order valence-electron chi connectivity index (χ4n) is 2.67. The van der Waals surface area contributed by atoms with Crippen molar-refractivity contribution in [2.24, 2.45) is 0 Å². The zero-order valence-corrected chi connectivity index (χ0v) is 15.8. The first kappa shape index (κ1) is 18.8. The zero-order valence-electron chi connectivity index (χ0n) is 15.1. The van der Waals surface area contributed by atoms with Crippen molar-refractivity contribution in [1.82, 2.24) is 15.5 Å². The number of halogens is 1. The Balaban J connectivity index is 1.76. The van der Waals surface area contributed by atoms with Gasteiger partial charge in [-0.2, -0.15) is 5.10 Å². The monoisotopic (exact) mass is 385 g/mol. The standard InChI is InChI=1S/C20H20ClN3O3/c1-3-27-18-8-7-14(10-17(18)21)19-16(12-23-24-19)20(25)22-11-13-5-4-6-15(9-13)26-2/h4-10,12H,3,11H2,1-2H3,(H,22,25)(H,23,24). The molecule has 3 rings (SSSR count). The van der Waals surface area contributed by atoms with E-state index in [0.717, 1.165) is 16.9 Å². The molecule has 1 aromatic heterocycles. The van der Waals surface area contributed by atoms with Crippen LogP contribution < -0.4 is 14.8 Å². The number of methoxy groups -OCH3 is 1. The van der Waals surface area contributed by atoms with Gasteiger partial charge in [-0.05, 0) is 42.8 Å². The second kappa shape index (κ2) is 8.60. The fraction of sp³-hybridized carbons (Fsp3) is 0.200. The van der Waals surface area contributed by atoms with Crippen LogP contribution in [0.3, 0.4) is 0 Å². The summed E-state index contributed by atoms with van der Waals surface area (Å²) in [5.74, 6) is 1.12.